The van der Waals surface area contributed by atoms with Crippen molar-refractivity contribution in [2.75, 3.05) is 4.90 Å². The Morgan fingerprint density at radius 1 is 1.05 bits per heavy atom. The molecular formula is C18H19NO. The van der Waals surface area contributed by atoms with Crippen molar-refractivity contribution >= 4 is 11.8 Å². The monoisotopic (exact) mass is 265 g/mol. The van der Waals surface area contributed by atoms with Crippen LogP contribution >= 0.6 is 0 Å². The van der Waals surface area contributed by atoms with E-state index in [-0.39, 0.29) is 0 Å². The van der Waals surface area contributed by atoms with Gasteiger partial charge in [0.05, 0.1) is 0 Å². The highest BCUT2D eigenvalue weighted by molar-refractivity contribution is 5.61. The van der Waals surface area contributed by atoms with Gasteiger partial charge >= 0.3 is 0 Å². The van der Waals surface area contributed by atoms with Gasteiger partial charge in [-0.25, -0.2) is 0 Å². The molecule has 2 aromatic carbocycles. The van der Waals surface area contributed by atoms with Gasteiger partial charge in [0.25, 0.3) is 0 Å². The van der Waals surface area contributed by atoms with E-state index in [4.69, 9.17) is 0 Å². The Bertz CT molecular complexity index is 673. The summed E-state index contributed by atoms with van der Waals surface area (Å²) in [5.41, 5.74) is 6.33. The minimum absolute atomic E-state index is 0.352. The summed E-state index contributed by atoms with van der Waals surface area (Å²) < 4.78 is 0. The largest absolute Gasteiger partial charge is 0.508 e. The van der Waals surface area contributed by atoms with Crippen LogP contribution in [0.4, 0.5) is 5.69 Å². The van der Waals surface area contributed by atoms with Crippen molar-refractivity contribution < 1.29 is 5.11 Å². The fourth-order valence-corrected chi connectivity index (χ4v) is 2.79. The van der Waals surface area contributed by atoms with Gasteiger partial charge in [-0.05, 0) is 60.4 Å². The zero-order valence-corrected chi connectivity index (χ0v) is 11.9. The van der Waals surface area contributed by atoms with Crippen LogP contribution < -0.4 is 4.90 Å². The lowest BCUT2D eigenvalue weighted by Crippen LogP contribution is -2.14. The zero-order chi connectivity index (χ0) is 14.1. The van der Waals surface area contributed by atoms with Crippen LogP contribution in [0, 0.1) is 6.92 Å². The smallest absolute Gasteiger partial charge is 0.115 e. The summed E-state index contributed by atoms with van der Waals surface area (Å²) in [6.45, 7) is 5.97. The molecule has 0 amide bonds. The molecule has 0 fully saturated rings. The quantitative estimate of drug-likeness (QED) is 0.877. The molecule has 2 aromatic rings. The average molecular weight is 265 g/mol. The number of aryl methyl sites for hydroxylation is 1. The van der Waals surface area contributed by atoms with Crippen molar-refractivity contribution in [3.8, 4) is 5.75 Å². The van der Waals surface area contributed by atoms with Crippen LogP contribution in [0.25, 0.3) is 6.08 Å². The second-order valence-electron chi connectivity index (χ2n) is 5.35. The average Bonchev–Trinajstić information content (AvgIpc) is 2.84. The van der Waals surface area contributed by atoms with Crippen LogP contribution in [-0.2, 0) is 13.1 Å². The minimum atomic E-state index is 0.352. The summed E-state index contributed by atoms with van der Waals surface area (Å²) in [5, 5.41) is 9.57. The number of phenolic OH excluding ortho intramolecular Hbond substituents is 1. The first-order chi connectivity index (χ1) is 9.67. The first-order valence-electron chi connectivity index (χ1n) is 6.96. The number of hydrogen-bond acceptors (Lipinski definition) is 2. The van der Waals surface area contributed by atoms with Crippen molar-refractivity contribution in [2.45, 2.75) is 26.9 Å². The maximum absolute atomic E-state index is 9.57. The highest BCUT2D eigenvalue weighted by Crippen LogP contribution is 2.31. The van der Waals surface area contributed by atoms with Gasteiger partial charge < -0.3 is 10.0 Å². The number of allylic oxidation sites excluding steroid dienone is 1. The Morgan fingerprint density at radius 3 is 2.60 bits per heavy atom. The van der Waals surface area contributed by atoms with Crippen LogP contribution in [0.15, 0.2) is 42.5 Å². The molecule has 0 spiro atoms. The van der Waals surface area contributed by atoms with Crippen LogP contribution in [-0.4, -0.2) is 5.11 Å². The number of nitrogens with zero attached hydrogens (tertiary/aromatic N) is 1. The Morgan fingerprint density at radius 2 is 1.85 bits per heavy atom. The lowest BCUT2D eigenvalue weighted by atomic mass is 10.1. The maximum Gasteiger partial charge on any atom is 0.115 e. The van der Waals surface area contributed by atoms with Crippen LogP contribution in [0.1, 0.15) is 29.2 Å². The molecule has 0 atom stereocenters. The van der Waals surface area contributed by atoms with E-state index in [1.165, 1.54) is 27.9 Å². The summed E-state index contributed by atoms with van der Waals surface area (Å²) in [7, 11) is 0. The molecule has 0 unspecified atom stereocenters. The molecule has 0 aliphatic carbocycles. The van der Waals surface area contributed by atoms with E-state index in [0.29, 0.717) is 5.75 Å². The molecule has 1 N–H and O–H groups in total. The highest BCUT2D eigenvalue weighted by atomic mass is 16.3. The second-order valence-corrected chi connectivity index (χ2v) is 5.35. The lowest BCUT2D eigenvalue weighted by Gasteiger charge is -2.19. The Balaban J connectivity index is 1.87. The van der Waals surface area contributed by atoms with Gasteiger partial charge in [0.2, 0.25) is 0 Å². The van der Waals surface area contributed by atoms with Gasteiger partial charge in [-0.2, -0.15) is 0 Å². The number of anilines is 1. The summed E-state index contributed by atoms with van der Waals surface area (Å²) in [4.78, 5) is 2.34. The zero-order valence-electron chi connectivity index (χ0n) is 11.9. The van der Waals surface area contributed by atoms with E-state index in [9.17, 15) is 5.11 Å². The minimum Gasteiger partial charge on any atom is -0.508 e. The third-order valence-electron chi connectivity index (χ3n) is 3.88. The summed E-state index contributed by atoms with van der Waals surface area (Å²) >= 11 is 0. The third kappa shape index (κ3) is 2.29. The first-order valence-corrected chi connectivity index (χ1v) is 6.96. The molecule has 0 saturated heterocycles. The molecule has 0 bridgehead atoms. The molecule has 3 rings (SSSR count). The van der Waals surface area contributed by atoms with E-state index < -0.39 is 0 Å². The Kier molecular flexibility index (Phi) is 3.23. The SMILES string of the molecule is C/C=C\c1ccc(N2Cc3ccc(O)cc3C2)cc1C. The normalized spacial score (nSPS) is 14.0. The van der Waals surface area contributed by atoms with Crippen LogP contribution in [0.5, 0.6) is 5.75 Å². The molecule has 0 aromatic heterocycles. The Labute approximate surface area is 120 Å². The standard InChI is InChI=1S/C18H19NO/c1-3-4-14-5-7-17(9-13(14)2)19-11-15-6-8-18(20)10-16(15)12-19/h3-10,20H,11-12H2,1-2H3/b4-3-. The summed E-state index contributed by atoms with van der Waals surface area (Å²) in [5.74, 6) is 0.352. The van der Waals surface area contributed by atoms with E-state index in [2.05, 4.69) is 42.2 Å². The topological polar surface area (TPSA) is 23.5 Å². The van der Waals surface area contributed by atoms with E-state index in [1.54, 1.807) is 6.07 Å². The third-order valence-corrected chi connectivity index (χ3v) is 3.88. The predicted octanol–water partition coefficient (Wildman–Crippen LogP) is 4.25. The lowest BCUT2D eigenvalue weighted by molar-refractivity contribution is 0.474. The van der Waals surface area contributed by atoms with Crippen molar-refractivity contribution in [1.82, 2.24) is 0 Å². The molecule has 1 heterocycles. The van der Waals surface area contributed by atoms with Gasteiger partial charge in [-0.15, -0.1) is 0 Å². The summed E-state index contributed by atoms with van der Waals surface area (Å²) in [6.07, 6.45) is 4.20. The fourth-order valence-electron chi connectivity index (χ4n) is 2.79. The van der Waals surface area contributed by atoms with Gasteiger partial charge in [-0.1, -0.05) is 24.3 Å². The molecule has 2 heteroatoms. The molecule has 1 aliphatic rings. The molecule has 20 heavy (non-hydrogen) atoms. The highest BCUT2D eigenvalue weighted by Gasteiger charge is 2.19. The van der Waals surface area contributed by atoms with Crippen molar-refractivity contribution in [3.05, 3.63) is 64.7 Å². The maximum atomic E-state index is 9.57. The summed E-state index contributed by atoms with van der Waals surface area (Å²) in [6, 6.07) is 12.2. The van der Waals surface area contributed by atoms with Crippen LogP contribution in [0.3, 0.4) is 0 Å². The fraction of sp³-hybridized carbons (Fsp3) is 0.222. The van der Waals surface area contributed by atoms with Crippen LogP contribution in [0.2, 0.25) is 0 Å². The van der Waals surface area contributed by atoms with Gasteiger partial charge in [0, 0.05) is 18.8 Å². The number of benzene rings is 2. The van der Waals surface area contributed by atoms with Crippen molar-refractivity contribution in [3.63, 3.8) is 0 Å². The van der Waals surface area contributed by atoms with E-state index in [1.807, 2.05) is 19.1 Å². The van der Waals surface area contributed by atoms with Crippen molar-refractivity contribution in [2.24, 2.45) is 0 Å². The predicted molar refractivity (Wildman–Crippen MR) is 83.9 cm³/mol. The van der Waals surface area contributed by atoms with Gasteiger partial charge in [0.1, 0.15) is 5.75 Å². The first kappa shape index (κ1) is 12.8. The van der Waals surface area contributed by atoms with E-state index in [0.717, 1.165) is 13.1 Å². The van der Waals surface area contributed by atoms with Crippen molar-refractivity contribution in [1.29, 1.82) is 0 Å². The molecular weight excluding hydrogens is 246 g/mol. The number of hydrogen-bond donors (Lipinski definition) is 1. The Hall–Kier alpha value is -2.22. The van der Waals surface area contributed by atoms with Gasteiger partial charge in [-0.3, -0.25) is 0 Å². The molecule has 0 radical (unpaired) electrons. The number of fused-ring (bicyclic) bond motifs is 1. The molecule has 102 valence electrons. The second kappa shape index (κ2) is 5.04. The van der Waals surface area contributed by atoms with E-state index >= 15 is 0 Å². The molecule has 0 saturated carbocycles. The number of aromatic hydroxyl groups is 1. The van der Waals surface area contributed by atoms with Gasteiger partial charge in [0.15, 0.2) is 0 Å². The number of phenols is 1. The molecule has 1 aliphatic heterocycles. The molecule has 2 nitrogen and oxygen atoms in total. The number of rotatable bonds is 2.